The number of terminal acetylenes is 1. The third-order valence-electron chi connectivity index (χ3n) is 2.89. The van der Waals surface area contributed by atoms with Crippen LogP contribution in [0.5, 0.6) is 0 Å². The summed E-state index contributed by atoms with van der Waals surface area (Å²) in [6, 6.07) is 9.40. The van der Waals surface area contributed by atoms with Crippen molar-refractivity contribution in [3.8, 4) is 23.5 Å². The minimum atomic E-state index is 0.316. The van der Waals surface area contributed by atoms with Crippen molar-refractivity contribution in [2.75, 3.05) is 5.73 Å². The Morgan fingerprint density at radius 1 is 1.21 bits per heavy atom. The van der Waals surface area contributed by atoms with Crippen LogP contribution in [0.15, 0.2) is 40.9 Å². The summed E-state index contributed by atoms with van der Waals surface area (Å²) < 4.78 is 5.36. The quantitative estimate of drug-likeness (QED) is 0.685. The van der Waals surface area contributed by atoms with Gasteiger partial charge in [0.05, 0.1) is 11.1 Å². The maximum Gasteiger partial charge on any atom is 0.229 e. The van der Waals surface area contributed by atoms with E-state index in [1.54, 1.807) is 6.20 Å². The van der Waals surface area contributed by atoms with E-state index in [9.17, 15) is 0 Å². The van der Waals surface area contributed by atoms with Crippen molar-refractivity contribution in [2.24, 2.45) is 0 Å². The number of furan rings is 1. The van der Waals surface area contributed by atoms with Gasteiger partial charge in [0, 0.05) is 16.8 Å². The molecule has 3 aromatic rings. The van der Waals surface area contributed by atoms with E-state index in [-0.39, 0.29) is 0 Å². The van der Waals surface area contributed by atoms with Crippen LogP contribution in [-0.4, -0.2) is 4.98 Å². The Balaban J connectivity index is 2.19. The summed E-state index contributed by atoms with van der Waals surface area (Å²) in [5.41, 5.74) is 8.75. The zero-order valence-electron chi connectivity index (χ0n) is 9.85. The van der Waals surface area contributed by atoms with Crippen LogP contribution in [0.4, 0.5) is 5.69 Å². The lowest BCUT2D eigenvalue weighted by Gasteiger charge is -2.01. The van der Waals surface area contributed by atoms with Crippen molar-refractivity contribution in [3.05, 3.63) is 47.3 Å². The van der Waals surface area contributed by atoms with Gasteiger partial charge in [-0.15, -0.1) is 6.42 Å². The van der Waals surface area contributed by atoms with E-state index in [1.807, 2.05) is 30.3 Å². The van der Waals surface area contributed by atoms with Crippen LogP contribution in [0.1, 0.15) is 5.76 Å². The van der Waals surface area contributed by atoms with E-state index in [2.05, 4.69) is 10.9 Å². The standard InChI is InChI=1S/C15H9ClN2O/c1-2-13-14(17)12-7-10(8-18-15(12)19-13)9-3-5-11(16)6-4-9/h1,3-8H,17H2. The molecule has 1 aromatic carbocycles. The second kappa shape index (κ2) is 4.34. The molecule has 0 bridgehead atoms. The number of nitrogen functional groups attached to an aromatic ring is 1. The van der Waals surface area contributed by atoms with Crippen molar-refractivity contribution in [1.82, 2.24) is 4.98 Å². The van der Waals surface area contributed by atoms with Gasteiger partial charge in [0.1, 0.15) is 0 Å². The highest BCUT2D eigenvalue weighted by atomic mass is 35.5. The van der Waals surface area contributed by atoms with Crippen LogP contribution < -0.4 is 5.73 Å². The summed E-state index contributed by atoms with van der Waals surface area (Å²) in [5, 5.41) is 1.41. The number of pyridine rings is 1. The molecule has 0 fully saturated rings. The number of fused-ring (bicyclic) bond motifs is 1. The van der Waals surface area contributed by atoms with E-state index < -0.39 is 0 Å². The van der Waals surface area contributed by atoms with E-state index >= 15 is 0 Å². The Morgan fingerprint density at radius 3 is 2.63 bits per heavy atom. The minimum Gasteiger partial charge on any atom is -0.427 e. The Morgan fingerprint density at radius 2 is 1.95 bits per heavy atom. The molecule has 0 unspecified atom stereocenters. The largest absolute Gasteiger partial charge is 0.427 e. The summed E-state index contributed by atoms with van der Waals surface area (Å²) in [5.74, 6) is 2.72. The molecule has 0 aliphatic heterocycles. The fourth-order valence-electron chi connectivity index (χ4n) is 1.91. The molecule has 0 aliphatic rings. The predicted molar refractivity (Wildman–Crippen MR) is 76.8 cm³/mol. The molecule has 2 N–H and O–H groups in total. The van der Waals surface area contributed by atoms with Crippen LogP contribution in [0.25, 0.3) is 22.2 Å². The molecule has 2 aromatic heterocycles. The van der Waals surface area contributed by atoms with Crippen LogP contribution >= 0.6 is 11.6 Å². The van der Waals surface area contributed by atoms with Gasteiger partial charge in [-0.05, 0) is 29.7 Å². The van der Waals surface area contributed by atoms with Crippen molar-refractivity contribution >= 4 is 28.4 Å². The van der Waals surface area contributed by atoms with Gasteiger partial charge in [0.15, 0.2) is 0 Å². The SMILES string of the molecule is C#Cc1oc2ncc(-c3ccc(Cl)cc3)cc2c1N. The molecule has 3 nitrogen and oxygen atoms in total. The zero-order chi connectivity index (χ0) is 13.4. The first-order valence-electron chi connectivity index (χ1n) is 5.59. The summed E-state index contributed by atoms with van der Waals surface area (Å²) in [6.07, 6.45) is 7.03. The molecule has 19 heavy (non-hydrogen) atoms. The number of rotatable bonds is 1. The van der Waals surface area contributed by atoms with Gasteiger partial charge in [0.25, 0.3) is 0 Å². The molecule has 0 saturated carbocycles. The Kier molecular flexibility index (Phi) is 2.66. The second-order valence-electron chi connectivity index (χ2n) is 4.07. The van der Waals surface area contributed by atoms with Gasteiger partial charge in [-0.2, -0.15) is 0 Å². The van der Waals surface area contributed by atoms with Gasteiger partial charge in [-0.3, -0.25) is 0 Å². The summed E-state index contributed by atoms with van der Waals surface area (Å²) in [6.45, 7) is 0. The molecule has 0 spiro atoms. The number of aromatic nitrogens is 1. The van der Waals surface area contributed by atoms with E-state index in [4.69, 9.17) is 28.2 Å². The average molecular weight is 269 g/mol. The summed E-state index contributed by atoms with van der Waals surface area (Å²) >= 11 is 5.87. The number of hydrogen-bond acceptors (Lipinski definition) is 3. The number of anilines is 1. The maximum atomic E-state index is 5.92. The van der Waals surface area contributed by atoms with Crippen LogP contribution in [-0.2, 0) is 0 Å². The normalized spacial score (nSPS) is 10.5. The molecule has 3 rings (SSSR count). The third kappa shape index (κ3) is 1.92. The first kappa shape index (κ1) is 11.6. The van der Waals surface area contributed by atoms with E-state index in [1.165, 1.54) is 0 Å². The second-order valence-corrected chi connectivity index (χ2v) is 4.51. The van der Waals surface area contributed by atoms with Gasteiger partial charge in [-0.25, -0.2) is 4.98 Å². The van der Waals surface area contributed by atoms with Gasteiger partial charge in [-0.1, -0.05) is 23.7 Å². The number of halogens is 1. The number of nitrogens with zero attached hydrogens (tertiary/aromatic N) is 1. The molecule has 0 aliphatic carbocycles. The highest BCUT2D eigenvalue weighted by Gasteiger charge is 2.11. The third-order valence-corrected chi connectivity index (χ3v) is 3.15. The topological polar surface area (TPSA) is 52.0 Å². The number of hydrogen-bond donors (Lipinski definition) is 1. The van der Waals surface area contributed by atoms with E-state index in [0.717, 1.165) is 16.5 Å². The molecular weight excluding hydrogens is 260 g/mol. The first-order valence-corrected chi connectivity index (χ1v) is 5.97. The molecule has 0 atom stereocenters. The number of benzene rings is 1. The lowest BCUT2D eigenvalue weighted by molar-refractivity contribution is 0.591. The molecule has 0 amide bonds. The fraction of sp³-hybridized carbons (Fsp3) is 0. The molecule has 92 valence electrons. The highest BCUT2D eigenvalue weighted by Crippen LogP contribution is 2.30. The monoisotopic (exact) mass is 268 g/mol. The molecule has 4 heteroatoms. The average Bonchev–Trinajstić information content (AvgIpc) is 2.76. The first-order chi connectivity index (χ1) is 9.19. The minimum absolute atomic E-state index is 0.316. The molecule has 0 radical (unpaired) electrons. The highest BCUT2D eigenvalue weighted by molar-refractivity contribution is 6.30. The van der Waals surface area contributed by atoms with Crippen LogP contribution in [0.3, 0.4) is 0 Å². The van der Waals surface area contributed by atoms with Gasteiger partial charge >= 0.3 is 0 Å². The van der Waals surface area contributed by atoms with Crippen LogP contribution in [0, 0.1) is 12.3 Å². The van der Waals surface area contributed by atoms with Crippen molar-refractivity contribution < 1.29 is 4.42 Å². The Hall–Kier alpha value is -2.44. The maximum absolute atomic E-state index is 5.92. The smallest absolute Gasteiger partial charge is 0.229 e. The lowest BCUT2D eigenvalue weighted by Crippen LogP contribution is -1.86. The van der Waals surface area contributed by atoms with Gasteiger partial charge < -0.3 is 10.2 Å². The van der Waals surface area contributed by atoms with Crippen LogP contribution in [0.2, 0.25) is 5.02 Å². The molecule has 0 saturated heterocycles. The molecule has 2 heterocycles. The molecular formula is C15H9ClN2O. The lowest BCUT2D eigenvalue weighted by atomic mass is 10.1. The van der Waals surface area contributed by atoms with Gasteiger partial charge in [0.2, 0.25) is 11.5 Å². The van der Waals surface area contributed by atoms with Crippen molar-refractivity contribution in [1.29, 1.82) is 0 Å². The predicted octanol–water partition coefficient (Wildman–Crippen LogP) is 3.71. The Labute approximate surface area is 115 Å². The van der Waals surface area contributed by atoms with E-state index in [0.29, 0.717) is 22.2 Å². The summed E-state index contributed by atoms with van der Waals surface area (Å²) in [7, 11) is 0. The Bertz CT molecular complexity index is 797. The fourth-order valence-corrected chi connectivity index (χ4v) is 2.03. The van der Waals surface area contributed by atoms with Crippen molar-refractivity contribution in [3.63, 3.8) is 0 Å². The number of nitrogens with two attached hydrogens (primary N) is 1. The van der Waals surface area contributed by atoms with Crippen molar-refractivity contribution in [2.45, 2.75) is 0 Å². The summed E-state index contributed by atoms with van der Waals surface area (Å²) in [4.78, 5) is 4.23. The zero-order valence-corrected chi connectivity index (χ0v) is 10.6.